The number of hydrogen-bond donors (Lipinski definition) is 2. The average Bonchev–Trinajstić information content (AvgIpc) is 2.90. The van der Waals surface area contributed by atoms with Gasteiger partial charge in [-0.15, -0.1) is 6.58 Å². The standard InChI is InChI=1S/C23H32O2/c1-3-4-5-6-15-13-16-14-17(24)7-8-18(16)19-11-12-23(2)20(22(15)19)9-10-21(23)25/h3,7-8,14-15,19-22,24-25H,1,4-6,9-13H2,2H3/t15-,19-,20+,21+,22-,23+/m1/s1. The maximum atomic E-state index is 10.7. The van der Waals surface area contributed by atoms with Gasteiger partial charge in [0.15, 0.2) is 0 Å². The summed E-state index contributed by atoms with van der Waals surface area (Å²) in [5.41, 5.74) is 2.96. The second-order valence-electron chi connectivity index (χ2n) is 8.99. The molecule has 0 unspecified atom stereocenters. The molecule has 4 rings (SSSR count). The van der Waals surface area contributed by atoms with Crippen LogP contribution in [0, 0.1) is 23.2 Å². The summed E-state index contributed by atoms with van der Waals surface area (Å²) in [5.74, 6) is 3.03. The lowest BCUT2D eigenvalue weighted by molar-refractivity contribution is -0.0395. The Kier molecular flexibility index (Phi) is 4.43. The van der Waals surface area contributed by atoms with Crippen molar-refractivity contribution in [3.8, 4) is 5.75 Å². The van der Waals surface area contributed by atoms with Crippen molar-refractivity contribution in [2.75, 3.05) is 0 Å². The summed E-state index contributed by atoms with van der Waals surface area (Å²) in [6.45, 7) is 6.23. The summed E-state index contributed by atoms with van der Waals surface area (Å²) < 4.78 is 0. The average molecular weight is 341 g/mol. The molecule has 0 aliphatic heterocycles. The van der Waals surface area contributed by atoms with Crippen LogP contribution in [0.4, 0.5) is 0 Å². The monoisotopic (exact) mass is 340 g/mol. The van der Waals surface area contributed by atoms with Crippen LogP contribution in [0.2, 0.25) is 0 Å². The minimum absolute atomic E-state index is 0.117. The van der Waals surface area contributed by atoms with Crippen molar-refractivity contribution in [1.82, 2.24) is 0 Å². The lowest BCUT2D eigenvalue weighted by Crippen LogP contribution is -2.47. The lowest BCUT2D eigenvalue weighted by Gasteiger charge is -2.53. The van der Waals surface area contributed by atoms with Gasteiger partial charge < -0.3 is 10.2 Å². The van der Waals surface area contributed by atoms with Crippen LogP contribution in [0.1, 0.15) is 68.9 Å². The molecule has 0 radical (unpaired) electrons. The number of aromatic hydroxyl groups is 1. The molecule has 0 amide bonds. The number of phenols is 1. The number of phenolic OH excluding ortho intramolecular Hbond substituents is 1. The zero-order valence-corrected chi connectivity index (χ0v) is 15.5. The van der Waals surface area contributed by atoms with Gasteiger partial charge in [0.2, 0.25) is 0 Å². The zero-order valence-electron chi connectivity index (χ0n) is 15.5. The molecule has 0 aromatic heterocycles. The van der Waals surface area contributed by atoms with Crippen LogP contribution in [-0.4, -0.2) is 16.3 Å². The van der Waals surface area contributed by atoms with Gasteiger partial charge >= 0.3 is 0 Å². The third kappa shape index (κ3) is 2.73. The molecule has 0 heterocycles. The number of rotatable bonds is 4. The van der Waals surface area contributed by atoms with E-state index in [1.54, 1.807) is 0 Å². The minimum Gasteiger partial charge on any atom is -0.508 e. The highest BCUT2D eigenvalue weighted by Crippen LogP contribution is 2.62. The molecule has 2 N–H and O–H groups in total. The quantitative estimate of drug-likeness (QED) is 0.585. The molecular formula is C23H32O2. The van der Waals surface area contributed by atoms with Crippen molar-refractivity contribution >= 4 is 0 Å². The van der Waals surface area contributed by atoms with Crippen LogP contribution in [-0.2, 0) is 6.42 Å². The molecule has 2 saturated carbocycles. The normalized spacial score (nSPS) is 39.4. The smallest absolute Gasteiger partial charge is 0.115 e. The third-order valence-electron chi connectivity index (χ3n) is 7.82. The largest absolute Gasteiger partial charge is 0.508 e. The number of unbranched alkanes of at least 4 members (excludes halogenated alkanes) is 1. The van der Waals surface area contributed by atoms with Crippen LogP contribution >= 0.6 is 0 Å². The molecule has 0 saturated heterocycles. The van der Waals surface area contributed by atoms with Crippen LogP contribution in [0.3, 0.4) is 0 Å². The van der Waals surface area contributed by atoms with Crippen molar-refractivity contribution in [1.29, 1.82) is 0 Å². The van der Waals surface area contributed by atoms with E-state index in [2.05, 4.69) is 19.6 Å². The first-order valence-corrected chi connectivity index (χ1v) is 10.2. The van der Waals surface area contributed by atoms with E-state index in [1.165, 1.54) is 36.8 Å². The topological polar surface area (TPSA) is 40.5 Å². The first kappa shape index (κ1) is 17.1. The molecule has 1 aromatic rings. The minimum atomic E-state index is -0.117. The van der Waals surface area contributed by atoms with Gasteiger partial charge in [0, 0.05) is 0 Å². The second kappa shape index (κ2) is 6.46. The summed E-state index contributed by atoms with van der Waals surface area (Å²) >= 11 is 0. The zero-order chi connectivity index (χ0) is 17.6. The molecule has 0 spiro atoms. The summed E-state index contributed by atoms with van der Waals surface area (Å²) in [7, 11) is 0. The Balaban J connectivity index is 1.70. The Hall–Kier alpha value is -1.28. The van der Waals surface area contributed by atoms with Crippen molar-refractivity contribution in [3.05, 3.63) is 42.0 Å². The molecule has 3 aliphatic carbocycles. The van der Waals surface area contributed by atoms with E-state index in [1.807, 2.05) is 18.2 Å². The van der Waals surface area contributed by atoms with Gasteiger partial charge in [-0.3, -0.25) is 0 Å². The molecule has 136 valence electrons. The van der Waals surface area contributed by atoms with Crippen LogP contribution < -0.4 is 0 Å². The first-order valence-electron chi connectivity index (χ1n) is 10.2. The third-order valence-corrected chi connectivity index (χ3v) is 7.82. The maximum Gasteiger partial charge on any atom is 0.115 e. The van der Waals surface area contributed by atoms with Crippen LogP contribution in [0.5, 0.6) is 5.75 Å². The fourth-order valence-electron chi connectivity index (χ4n) is 6.56. The fraction of sp³-hybridized carbons (Fsp3) is 0.652. The summed E-state index contributed by atoms with van der Waals surface area (Å²) in [6, 6.07) is 6.05. The van der Waals surface area contributed by atoms with E-state index in [9.17, 15) is 10.2 Å². The number of fused-ring (bicyclic) bond motifs is 5. The van der Waals surface area contributed by atoms with Crippen molar-refractivity contribution in [2.24, 2.45) is 23.2 Å². The van der Waals surface area contributed by atoms with E-state index >= 15 is 0 Å². The predicted octanol–water partition coefficient (Wildman–Crippen LogP) is 5.19. The highest BCUT2D eigenvalue weighted by molar-refractivity contribution is 5.40. The molecule has 2 fully saturated rings. The highest BCUT2D eigenvalue weighted by atomic mass is 16.3. The molecule has 2 heteroatoms. The summed E-state index contributed by atoms with van der Waals surface area (Å²) in [6.07, 6.45) is 11.0. The summed E-state index contributed by atoms with van der Waals surface area (Å²) in [5, 5.41) is 20.6. The number of hydrogen-bond acceptors (Lipinski definition) is 2. The van der Waals surface area contributed by atoms with E-state index in [-0.39, 0.29) is 11.5 Å². The van der Waals surface area contributed by atoms with Gasteiger partial charge in [0.05, 0.1) is 6.10 Å². The van der Waals surface area contributed by atoms with E-state index in [0.29, 0.717) is 29.4 Å². The van der Waals surface area contributed by atoms with Crippen LogP contribution in [0.25, 0.3) is 0 Å². The van der Waals surface area contributed by atoms with Gasteiger partial charge in [0.25, 0.3) is 0 Å². The second-order valence-corrected chi connectivity index (χ2v) is 8.99. The van der Waals surface area contributed by atoms with Gasteiger partial charge in [0.1, 0.15) is 5.75 Å². The van der Waals surface area contributed by atoms with Gasteiger partial charge in [-0.1, -0.05) is 19.1 Å². The first-order chi connectivity index (χ1) is 12.0. The Bertz CT molecular complexity index is 651. The molecular weight excluding hydrogens is 308 g/mol. The van der Waals surface area contributed by atoms with Crippen molar-refractivity contribution in [2.45, 2.75) is 70.3 Å². The van der Waals surface area contributed by atoms with Crippen LogP contribution in [0.15, 0.2) is 30.9 Å². The SMILES string of the molecule is C=CCCC[C@@H]1Cc2cc(O)ccc2[C@H]2CC[C@]3(C)[C@@H](O)CC[C@H]3[C@H]12. The molecule has 0 bridgehead atoms. The van der Waals surface area contributed by atoms with Gasteiger partial charge in [-0.25, -0.2) is 0 Å². The Morgan fingerprint density at radius 2 is 2.12 bits per heavy atom. The van der Waals surface area contributed by atoms with Gasteiger partial charge in [-0.05, 0) is 104 Å². The number of benzene rings is 1. The molecule has 2 nitrogen and oxygen atoms in total. The number of allylic oxidation sites excluding steroid dienone is 1. The lowest BCUT2D eigenvalue weighted by atomic mass is 9.52. The fourth-order valence-corrected chi connectivity index (χ4v) is 6.56. The highest BCUT2D eigenvalue weighted by Gasteiger charge is 2.56. The summed E-state index contributed by atoms with van der Waals surface area (Å²) in [4.78, 5) is 0. The molecule has 6 atom stereocenters. The van der Waals surface area contributed by atoms with E-state index < -0.39 is 0 Å². The molecule has 1 aromatic carbocycles. The number of aliphatic hydroxyl groups is 1. The van der Waals surface area contributed by atoms with Crippen molar-refractivity contribution in [3.63, 3.8) is 0 Å². The predicted molar refractivity (Wildman–Crippen MR) is 102 cm³/mol. The Labute approximate surface area is 152 Å². The van der Waals surface area contributed by atoms with Gasteiger partial charge in [-0.2, -0.15) is 0 Å². The Morgan fingerprint density at radius 3 is 2.92 bits per heavy atom. The van der Waals surface area contributed by atoms with E-state index in [4.69, 9.17) is 0 Å². The number of aliphatic hydroxyl groups excluding tert-OH is 1. The van der Waals surface area contributed by atoms with Crippen molar-refractivity contribution < 1.29 is 10.2 Å². The Morgan fingerprint density at radius 1 is 1.28 bits per heavy atom. The molecule has 25 heavy (non-hydrogen) atoms. The maximum absolute atomic E-state index is 10.7. The molecule has 3 aliphatic rings. The van der Waals surface area contributed by atoms with E-state index in [0.717, 1.165) is 25.7 Å².